The molecule has 3 heteroatoms. The third-order valence-corrected chi connectivity index (χ3v) is 5.75. The monoisotopic (exact) mass is 389 g/mol. The molecule has 5 rings (SSSR count). The highest BCUT2D eigenvalue weighted by molar-refractivity contribution is 6.13. The number of fused-ring (bicyclic) bond motifs is 3. The molecule has 0 N–H and O–H groups in total. The van der Waals surface area contributed by atoms with Gasteiger partial charge in [-0.05, 0) is 43.2 Å². The Labute approximate surface area is 175 Å². The van der Waals surface area contributed by atoms with Crippen LogP contribution in [0.15, 0.2) is 77.3 Å². The van der Waals surface area contributed by atoms with Gasteiger partial charge in [0, 0.05) is 28.5 Å². The first kappa shape index (κ1) is 18.1. The molecule has 0 unspecified atom stereocenters. The standard InChI is InChI=1S/C27H21N2O/c1-17-7-10-20(11-8-17)22-14-19(16-28)15-23-21-12-9-18(2)25(27(21)30-26(22)23)24-6-4-5-13-29(24)3/h4-15H,1-3H3/q+1. The van der Waals surface area contributed by atoms with Crippen molar-refractivity contribution in [3.63, 3.8) is 0 Å². The Balaban J connectivity index is 1.91. The summed E-state index contributed by atoms with van der Waals surface area (Å²) in [6.45, 7) is 4.18. The highest BCUT2D eigenvalue weighted by Crippen LogP contribution is 2.41. The summed E-state index contributed by atoms with van der Waals surface area (Å²) in [5, 5.41) is 11.7. The van der Waals surface area contributed by atoms with Crippen LogP contribution in [0.4, 0.5) is 0 Å². The zero-order valence-electron chi connectivity index (χ0n) is 17.2. The second-order valence-corrected chi connectivity index (χ2v) is 7.81. The van der Waals surface area contributed by atoms with E-state index in [9.17, 15) is 5.26 Å². The molecule has 0 radical (unpaired) electrons. The number of pyridine rings is 1. The van der Waals surface area contributed by atoms with E-state index in [1.54, 1.807) is 0 Å². The first-order valence-electron chi connectivity index (χ1n) is 9.99. The number of nitrogens with zero attached hydrogens (tertiary/aromatic N) is 2. The first-order chi connectivity index (χ1) is 14.6. The zero-order chi connectivity index (χ0) is 20.8. The third kappa shape index (κ3) is 2.77. The lowest BCUT2D eigenvalue weighted by molar-refractivity contribution is -0.660. The van der Waals surface area contributed by atoms with E-state index in [2.05, 4.69) is 66.9 Å². The van der Waals surface area contributed by atoms with Gasteiger partial charge in [0.05, 0.1) is 17.2 Å². The van der Waals surface area contributed by atoms with E-state index in [4.69, 9.17) is 4.42 Å². The van der Waals surface area contributed by atoms with Gasteiger partial charge in [0.15, 0.2) is 6.20 Å². The number of benzene rings is 3. The Morgan fingerprint density at radius 1 is 0.867 bits per heavy atom. The van der Waals surface area contributed by atoms with Crippen LogP contribution in [0.3, 0.4) is 0 Å². The SMILES string of the molecule is Cc1ccc(-c2cc(C#N)cc3c2oc2c(-c4cccc[n+]4C)c(C)ccc23)cc1. The van der Waals surface area contributed by atoms with Gasteiger partial charge in [0.1, 0.15) is 18.2 Å². The number of furan rings is 1. The molecule has 0 saturated carbocycles. The molecule has 0 fully saturated rings. The molecule has 0 aliphatic rings. The molecule has 3 aromatic carbocycles. The maximum absolute atomic E-state index is 9.65. The van der Waals surface area contributed by atoms with Crippen LogP contribution in [0.2, 0.25) is 0 Å². The highest BCUT2D eigenvalue weighted by Gasteiger charge is 2.22. The van der Waals surface area contributed by atoms with Crippen LogP contribution < -0.4 is 4.57 Å². The van der Waals surface area contributed by atoms with Crippen LogP contribution in [-0.2, 0) is 7.05 Å². The van der Waals surface area contributed by atoms with E-state index in [-0.39, 0.29) is 0 Å². The molecular formula is C27H21N2O+. The fraction of sp³-hybridized carbons (Fsp3) is 0.111. The van der Waals surface area contributed by atoms with Gasteiger partial charge in [0.2, 0.25) is 5.69 Å². The fourth-order valence-electron chi connectivity index (χ4n) is 4.15. The largest absolute Gasteiger partial charge is 0.454 e. The van der Waals surface area contributed by atoms with Gasteiger partial charge in [-0.3, -0.25) is 0 Å². The van der Waals surface area contributed by atoms with E-state index in [0.717, 1.165) is 49.9 Å². The summed E-state index contributed by atoms with van der Waals surface area (Å²) in [5.41, 5.74) is 8.83. The Bertz CT molecular complexity index is 1470. The average molecular weight is 389 g/mol. The van der Waals surface area contributed by atoms with Crippen molar-refractivity contribution in [2.45, 2.75) is 13.8 Å². The molecular weight excluding hydrogens is 368 g/mol. The van der Waals surface area contributed by atoms with E-state index in [1.807, 2.05) is 37.5 Å². The summed E-state index contributed by atoms with van der Waals surface area (Å²) in [6.07, 6.45) is 2.04. The van der Waals surface area contributed by atoms with Crippen molar-refractivity contribution in [3.8, 4) is 28.5 Å². The van der Waals surface area contributed by atoms with Crippen LogP contribution in [0.25, 0.3) is 44.3 Å². The Morgan fingerprint density at radius 2 is 1.67 bits per heavy atom. The summed E-state index contributed by atoms with van der Waals surface area (Å²) in [5.74, 6) is 0. The number of hydrogen-bond donors (Lipinski definition) is 0. The maximum Gasteiger partial charge on any atom is 0.216 e. The summed E-state index contributed by atoms with van der Waals surface area (Å²) in [7, 11) is 2.04. The van der Waals surface area contributed by atoms with Crippen LogP contribution in [0.1, 0.15) is 16.7 Å². The van der Waals surface area contributed by atoms with Crippen molar-refractivity contribution in [2.75, 3.05) is 0 Å². The Hall–Kier alpha value is -3.90. The molecule has 0 saturated heterocycles. The summed E-state index contributed by atoms with van der Waals surface area (Å²) >= 11 is 0. The molecule has 30 heavy (non-hydrogen) atoms. The molecule has 0 aliphatic carbocycles. The maximum atomic E-state index is 9.65. The minimum absolute atomic E-state index is 0.633. The van der Waals surface area contributed by atoms with Crippen LogP contribution in [-0.4, -0.2) is 0 Å². The summed E-state index contributed by atoms with van der Waals surface area (Å²) in [4.78, 5) is 0. The topological polar surface area (TPSA) is 40.8 Å². The van der Waals surface area contributed by atoms with Gasteiger partial charge in [0.25, 0.3) is 0 Å². The van der Waals surface area contributed by atoms with E-state index >= 15 is 0 Å². The Kier molecular flexibility index (Phi) is 4.15. The lowest BCUT2D eigenvalue weighted by Gasteiger charge is -2.05. The quantitative estimate of drug-likeness (QED) is 0.336. The van der Waals surface area contributed by atoms with Crippen molar-refractivity contribution in [2.24, 2.45) is 7.05 Å². The average Bonchev–Trinajstić information content (AvgIpc) is 3.13. The van der Waals surface area contributed by atoms with Crippen molar-refractivity contribution in [1.82, 2.24) is 0 Å². The third-order valence-electron chi connectivity index (χ3n) is 5.75. The predicted octanol–water partition coefficient (Wildman–Crippen LogP) is 6.23. The lowest BCUT2D eigenvalue weighted by Crippen LogP contribution is -2.30. The number of aryl methyl sites for hydroxylation is 3. The fourth-order valence-corrected chi connectivity index (χ4v) is 4.15. The van der Waals surface area contributed by atoms with Gasteiger partial charge in [-0.15, -0.1) is 0 Å². The lowest BCUT2D eigenvalue weighted by atomic mass is 9.97. The van der Waals surface area contributed by atoms with Gasteiger partial charge in [-0.1, -0.05) is 42.0 Å². The minimum Gasteiger partial charge on any atom is -0.454 e. The van der Waals surface area contributed by atoms with Crippen molar-refractivity contribution >= 4 is 21.9 Å². The number of nitriles is 1. The van der Waals surface area contributed by atoms with Crippen LogP contribution in [0, 0.1) is 25.2 Å². The van der Waals surface area contributed by atoms with Crippen LogP contribution >= 0.6 is 0 Å². The molecule has 0 bridgehead atoms. The molecule has 0 atom stereocenters. The zero-order valence-corrected chi connectivity index (χ0v) is 17.2. The van der Waals surface area contributed by atoms with Gasteiger partial charge >= 0.3 is 0 Å². The molecule has 3 nitrogen and oxygen atoms in total. The first-order valence-corrected chi connectivity index (χ1v) is 9.99. The number of hydrogen-bond acceptors (Lipinski definition) is 2. The van der Waals surface area contributed by atoms with E-state index < -0.39 is 0 Å². The highest BCUT2D eigenvalue weighted by atomic mass is 16.3. The molecule has 2 aromatic heterocycles. The second-order valence-electron chi connectivity index (χ2n) is 7.81. The number of rotatable bonds is 2. The molecule has 0 amide bonds. The van der Waals surface area contributed by atoms with Gasteiger partial charge in [-0.25, -0.2) is 4.57 Å². The second kappa shape index (κ2) is 6.86. The van der Waals surface area contributed by atoms with Gasteiger partial charge in [-0.2, -0.15) is 5.26 Å². The minimum atomic E-state index is 0.633. The molecule has 2 heterocycles. The molecule has 5 aromatic rings. The number of aromatic nitrogens is 1. The summed E-state index contributed by atoms with van der Waals surface area (Å²) < 4.78 is 8.67. The smallest absolute Gasteiger partial charge is 0.216 e. The molecule has 0 aliphatic heterocycles. The molecule has 0 spiro atoms. The van der Waals surface area contributed by atoms with Gasteiger partial charge < -0.3 is 4.42 Å². The van der Waals surface area contributed by atoms with Crippen molar-refractivity contribution in [3.05, 3.63) is 89.6 Å². The van der Waals surface area contributed by atoms with Crippen molar-refractivity contribution < 1.29 is 8.98 Å². The predicted molar refractivity (Wildman–Crippen MR) is 120 cm³/mol. The normalized spacial score (nSPS) is 11.1. The van der Waals surface area contributed by atoms with E-state index in [0.29, 0.717) is 5.56 Å². The summed E-state index contributed by atoms with van der Waals surface area (Å²) in [6, 6.07) is 24.9. The van der Waals surface area contributed by atoms with E-state index in [1.165, 1.54) is 5.56 Å². The molecule has 144 valence electrons. The Morgan fingerprint density at radius 3 is 2.40 bits per heavy atom. The van der Waals surface area contributed by atoms with Crippen molar-refractivity contribution in [1.29, 1.82) is 5.26 Å². The van der Waals surface area contributed by atoms with Crippen LogP contribution in [0.5, 0.6) is 0 Å².